The molecule has 1 N–H and O–H groups in total. The number of anilines is 2. The van der Waals surface area contributed by atoms with E-state index in [1.165, 1.54) is 6.07 Å². The quantitative estimate of drug-likeness (QED) is 0.254. The highest BCUT2D eigenvalue weighted by molar-refractivity contribution is 6.30. The number of benzene rings is 3. The van der Waals surface area contributed by atoms with E-state index in [1.807, 2.05) is 48.5 Å². The Labute approximate surface area is 195 Å². The molecule has 3 aromatic rings. The molecule has 0 fully saturated rings. The maximum Gasteiger partial charge on any atom is 0.146 e. The predicted octanol–water partition coefficient (Wildman–Crippen LogP) is 7.70. The van der Waals surface area contributed by atoms with Crippen LogP contribution in [0.15, 0.2) is 79.4 Å². The molecule has 32 heavy (non-hydrogen) atoms. The first-order valence-electron chi connectivity index (χ1n) is 10.6. The van der Waals surface area contributed by atoms with Crippen molar-refractivity contribution in [2.45, 2.75) is 31.6 Å². The number of hydrogen-bond acceptors (Lipinski definition) is 2. The molecular weight excluding hydrogens is 421 g/mol. The third-order valence-corrected chi connectivity index (χ3v) is 5.73. The third-order valence-electron chi connectivity index (χ3n) is 5.47. The van der Waals surface area contributed by atoms with Gasteiger partial charge in [-0.05, 0) is 85.8 Å². The van der Waals surface area contributed by atoms with Gasteiger partial charge in [0.05, 0.1) is 11.1 Å². The molecule has 0 saturated carbocycles. The maximum atomic E-state index is 14.3. The van der Waals surface area contributed by atoms with Crippen LogP contribution in [-0.4, -0.2) is 6.61 Å². The highest BCUT2D eigenvalue weighted by atomic mass is 35.5. The molecule has 0 heterocycles. The summed E-state index contributed by atoms with van der Waals surface area (Å²) in [5, 5.41) is 3.76. The van der Waals surface area contributed by atoms with Crippen molar-refractivity contribution >= 4 is 23.0 Å². The van der Waals surface area contributed by atoms with Gasteiger partial charge in [0.1, 0.15) is 18.2 Å². The molecule has 0 amide bonds. The summed E-state index contributed by atoms with van der Waals surface area (Å²) in [6, 6.07) is 20.2. The van der Waals surface area contributed by atoms with E-state index in [2.05, 4.69) is 24.7 Å². The number of halogens is 2. The van der Waals surface area contributed by atoms with Gasteiger partial charge in [-0.15, -0.1) is 6.42 Å². The van der Waals surface area contributed by atoms with E-state index in [0.717, 1.165) is 41.8 Å². The summed E-state index contributed by atoms with van der Waals surface area (Å²) in [7, 11) is 0. The molecule has 4 heteroatoms. The van der Waals surface area contributed by atoms with Crippen LogP contribution >= 0.6 is 11.6 Å². The van der Waals surface area contributed by atoms with Gasteiger partial charge >= 0.3 is 0 Å². The Hall–Kier alpha value is -3.22. The van der Waals surface area contributed by atoms with Crippen LogP contribution in [0.4, 0.5) is 15.8 Å². The van der Waals surface area contributed by atoms with Crippen molar-refractivity contribution in [2.75, 3.05) is 11.9 Å². The van der Waals surface area contributed by atoms with Crippen LogP contribution in [0.1, 0.15) is 30.9 Å². The van der Waals surface area contributed by atoms with E-state index in [4.69, 9.17) is 22.8 Å². The number of aryl methyl sites for hydroxylation is 1. The van der Waals surface area contributed by atoms with Crippen molar-refractivity contribution in [3.8, 4) is 18.1 Å². The second kappa shape index (κ2) is 10.9. The minimum Gasteiger partial charge on any atom is -0.490 e. The smallest absolute Gasteiger partial charge is 0.146 e. The first-order chi connectivity index (χ1) is 15.4. The van der Waals surface area contributed by atoms with E-state index in [9.17, 15) is 4.39 Å². The van der Waals surface area contributed by atoms with E-state index in [-0.39, 0.29) is 11.2 Å². The van der Waals surface area contributed by atoms with Crippen molar-refractivity contribution in [2.24, 2.45) is 0 Å². The zero-order valence-electron chi connectivity index (χ0n) is 18.2. The Morgan fingerprint density at radius 3 is 2.50 bits per heavy atom. The van der Waals surface area contributed by atoms with Crippen LogP contribution in [0.5, 0.6) is 5.75 Å². The van der Waals surface area contributed by atoms with Crippen LogP contribution < -0.4 is 10.1 Å². The van der Waals surface area contributed by atoms with Gasteiger partial charge in [-0.25, -0.2) is 4.39 Å². The van der Waals surface area contributed by atoms with Gasteiger partial charge < -0.3 is 10.1 Å². The Morgan fingerprint density at radius 2 is 1.84 bits per heavy atom. The van der Waals surface area contributed by atoms with Gasteiger partial charge in [-0.2, -0.15) is 0 Å². The van der Waals surface area contributed by atoms with E-state index >= 15 is 0 Å². The Balaban J connectivity index is 1.63. The molecule has 164 valence electrons. The summed E-state index contributed by atoms with van der Waals surface area (Å²) in [5.41, 5.74) is 2.97. The standard InChI is InChI=1S/C28H27ClFNO/c1-4-19-32-25-15-9-22(10-16-25)28(3,5-2)18-6-7-21-8-17-26(30)27(20-21)31-24-13-11-23(29)12-14-24/h2,4,8-17,20,31H,1,6-7,18-19H2,3H3. The van der Waals surface area contributed by atoms with Crippen molar-refractivity contribution < 1.29 is 9.13 Å². The summed E-state index contributed by atoms with van der Waals surface area (Å²) in [6.07, 6.45) is 10.1. The topological polar surface area (TPSA) is 21.3 Å². The fraction of sp³-hybridized carbons (Fsp3) is 0.214. The van der Waals surface area contributed by atoms with E-state index in [1.54, 1.807) is 18.2 Å². The molecule has 1 atom stereocenters. The molecule has 0 aliphatic rings. The summed E-state index contributed by atoms with van der Waals surface area (Å²) in [5.74, 6) is 3.46. The summed E-state index contributed by atoms with van der Waals surface area (Å²) in [4.78, 5) is 0. The van der Waals surface area contributed by atoms with Crippen LogP contribution in [0.2, 0.25) is 5.02 Å². The lowest BCUT2D eigenvalue weighted by Gasteiger charge is -2.24. The minimum absolute atomic E-state index is 0.295. The zero-order valence-corrected chi connectivity index (χ0v) is 19.0. The lowest BCUT2D eigenvalue weighted by molar-refractivity contribution is 0.363. The number of ether oxygens (including phenoxy) is 1. The molecule has 1 unspecified atom stereocenters. The maximum absolute atomic E-state index is 14.3. The molecule has 0 spiro atoms. The van der Waals surface area contributed by atoms with Gasteiger partial charge in [0.15, 0.2) is 0 Å². The summed E-state index contributed by atoms with van der Waals surface area (Å²) < 4.78 is 19.9. The third kappa shape index (κ3) is 6.15. The van der Waals surface area contributed by atoms with Gasteiger partial charge in [0, 0.05) is 10.7 Å². The second-order valence-corrected chi connectivity index (χ2v) is 8.34. The fourth-order valence-corrected chi connectivity index (χ4v) is 3.66. The number of terminal acetylenes is 1. The molecule has 0 saturated heterocycles. The molecule has 2 nitrogen and oxygen atoms in total. The van der Waals surface area contributed by atoms with E-state index in [0.29, 0.717) is 17.3 Å². The zero-order chi connectivity index (χ0) is 23.0. The molecule has 0 bridgehead atoms. The first kappa shape index (κ1) is 23.4. The van der Waals surface area contributed by atoms with Gasteiger partial charge in [-0.1, -0.05) is 48.4 Å². The van der Waals surface area contributed by atoms with Gasteiger partial charge in [-0.3, -0.25) is 0 Å². The lowest BCUT2D eigenvalue weighted by atomic mass is 9.78. The Kier molecular flexibility index (Phi) is 7.98. The second-order valence-electron chi connectivity index (χ2n) is 7.90. The SMILES string of the molecule is C#CC(C)(CCCc1ccc(F)c(Nc2ccc(Cl)cc2)c1)c1ccc(OCC=C)cc1. The number of nitrogens with one attached hydrogen (secondary N) is 1. The highest BCUT2D eigenvalue weighted by Gasteiger charge is 2.23. The van der Waals surface area contributed by atoms with E-state index < -0.39 is 0 Å². The number of hydrogen-bond donors (Lipinski definition) is 1. The first-order valence-corrected chi connectivity index (χ1v) is 10.9. The molecule has 3 rings (SSSR count). The van der Waals surface area contributed by atoms with Crippen LogP contribution in [0.3, 0.4) is 0 Å². The summed E-state index contributed by atoms with van der Waals surface area (Å²) >= 11 is 5.92. The Morgan fingerprint density at radius 1 is 1.12 bits per heavy atom. The highest BCUT2D eigenvalue weighted by Crippen LogP contribution is 2.31. The largest absolute Gasteiger partial charge is 0.490 e. The van der Waals surface area contributed by atoms with Crippen LogP contribution in [-0.2, 0) is 11.8 Å². The molecular formula is C28H27ClFNO. The lowest BCUT2D eigenvalue weighted by Crippen LogP contribution is -2.19. The Bertz CT molecular complexity index is 1090. The molecule has 0 aliphatic heterocycles. The fourth-order valence-electron chi connectivity index (χ4n) is 3.53. The average Bonchev–Trinajstić information content (AvgIpc) is 2.81. The molecule has 0 aromatic heterocycles. The monoisotopic (exact) mass is 447 g/mol. The van der Waals surface area contributed by atoms with Crippen molar-refractivity contribution in [3.05, 3.63) is 101 Å². The average molecular weight is 448 g/mol. The molecule has 3 aromatic carbocycles. The molecule has 0 radical (unpaired) electrons. The van der Waals surface area contributed by atoms with Crippen molar-refractivity contribution in [3.63, 3.8) is 0 Å². The minimum atomic E-state index is -0.388. The molecule has 0 aliphatic carbocycles. The van der Waals surface area contributed by atoms with Gasteiger partial charge in [0.25, 0.3) is 0 Å². The number of rotatable bonds is 10. The van der Waals surface area contributed by atoms with Gasteiger partial charge in [0.2, 0.25) is 0 Å². The van der Waals surface area contributed by atoms with Crippen LogP contribution in [0, 0.1) is 18.2 Å². The van der Waals surface area contributed by atoms with Crippen molar-refractivity contribution in [1.82, 2.24) is 0 Å². The summed E-state index contributed by atoms with van der Waals surface area (Å²) in [6.45, 7) is 6.20. The predicted molar refractivity (Wildman–Crippen MR) is 132 cm³/mol. The van der Waals surface area contributed by atoms with Crippen LogP contribution in [0.25, 0.3) is 0 Å². The van der Waals surface area contributed by atoms with Crippen molar-refractivity contribution in [1.29, 1.82) is 0 Å². The normalized spacial score (nSPS) is 12.4.